The number of ether oxygens (including phenoxy) is 2. The van der Waals surface area contributed by atoms with Gasteiger partial charge in [0, 0.05) is 17.6 Å². The molecule has 33 heavy (non-hydrogen) atoms. The van der Waals surface area contributed by atoms with Gasteiger partial charge in [0.15, 0.2) is 0 Å². The minimum Gasteiger partial charge on any atom is -0.491 e. The number of benzene rings is 1. The summed E-state index contributed by atoms with van der Waals surface area (Å²) < 4.78 is 12.0. The molecule has 0 radical (unpaired) electrons. The van der Waals surface area contributed by atoms with E-state index in [-0.39, 0.29) is 18.6 Å². The monoisotopic (exact) mass is 522 g/mol. The number of methoxy groups -OCH3 is 1. The minimum atomic E-state index is 0.0216. The molecule has 186 valence electrons. The molecule has 1 saturated carbocycles. The van der Waals surface area contributed by atoms with Crippen molar-refractivity contribution in [2.45, 2.75) is 83.8 Å². The first kappa shape index (κ1) is 26.5. The summed E-state index contributed by atoms with van der Waals surface area (Å²) in [5, 5.41) is 3.10. The second-order valence-corrected chi connectivity index (χ2v) is 11.1. The van der Waals surface area contributed by atoms with Crippen molar-refractivity contribution in [3.8, 4) is 5.75 Å². The van der Waals surface area contributed by atoms with Gasteiger partial charge in [-0.1, -0.05) is 15.9 Å². The van der Waals surface area contributed by atoms with Gasteiger partial charge in [-0.2, -0.15) is 0 Å². The lowest BCUT2D eigenvalue weighted by Crippen LogP contribution is -2.39. The third kappa shape index (κ3) is 9.22. The molecule has 1 aromatic rings. The number of carbonyl (C=O) groups excluding carboxylic acids is 1. The number of likely N-dealkylation sites (tertiary alicyclic amines) is 1. The fourth-order valence-electron chi connectivity index (χ4n) is 5.38. The van der Waals surface area contributed by atoms with Gasteiger partial charge in [-0.05, 0) is 127 Å². The number of halogens is 1. The summed E-state index contributed by atoms with van der Waals surface area (Å²) in [5.74, 6) is 2.59. The fraction of sp³-hybridized carbons (Fsp3) is 0.741. The SMILES string of the molecule is COCC(=O)NC1CCC(CCCN2CCC(Cc3cc(OC(C)C)ccc3Br)CC2)CC1. The lowest BCUT2D eigenvalue weighted by Gasteiger charge is -2.33. The molecule has 3 rings (SSSR count). The van der Waals surface area contributed by atoms with Crippen LogP contribution in [-0.4, -0.2) is 56.3 Å². The van der Waals surface area contributed by atoms with E-state index in [1.165, 1.54) is 68.2 Å². The third-order valence-corrected chi connectivity index (χ3v) is 7.95. The Morgan fingerprint density at radius 2 is 1.85 bits per heavy atom. The molecule has 1 aromatic carbocycles. The number of rotatable bonds is 11. The van der Waals surface area contributed by atoms with E-state index in [1.807, 2.05) is 0 Å². The molecule has 0 atom stereocenters. The highest BCUT2D eigenvalue weighted by atomic mass is 79.9. The van der Waals surface area contributed by atoms with Crippen LogP contribution in [0.3, 0.4) is 0 Å². The molecule has 1 heterocycles. The molecule has 0 unspecified atom stereocenters. The van der Waals surface area contributed by atoms with E-state index in [0.29, 0.717) is 6.04 Å². The number of nitrogens with one attached hydrogen (secondary N) is 1. The first-order chi connectivity index (χ1) is 15.9. The van der Waals surface area contributed by atoms with Crippen molar-refractivity contribution in [3.63, 3.8) is 0 Å². The second kappa shape index (κ2) is 13.7. The Balaban J connectivity index is 1.30. The molecule has 1 aliphatic heterocycles. The zero-order chi connectivity index (χ0) is 23.6. The Morgan fingerprint density at radius 1 is 1.12 bits per heavy atom. The maximum atomic E-state index is 11.7. The van der Waals surface area contributed by atoms with E-state index >= 15 is 0 Å². The van der Waals surface area contributed by atoms with E-state index in [0.717, 1.165) is 36.8 Å². The molecule has 1 N–H and O–H groups in total. The van der Waals surface area contributed by atoms with Crippen molar-refractivity contribution in [1.82, 2.24) is 10.2 Å². The molecule has 1 amide bonds. The number of amides is 1. The van der Waals surface area contributed by atoms with Crippen molar-refractivity contribution >= 4 is 21.8 Å². The van der Waals surface area contributed by atoms with Crippen LogP contribution in [0.5, 0.6) is 5.75 Å². The number of hydrogen-bond donors (Lipinski definition) is 1. The fourth-order valence-corrected chi connectivity index (χ4v) is 5.79. The quantitative estimate of drug-likeness (QED) is 0.411. The Bertz CT molecular complexity index is 726. The maximum absolute atomic E-state index is 11.7. The Kier molecular flexibility index (Phi) is 11.0. The van der Waals surface area contributed by atoms with Crippen LogP contribution in [0.25, 0.3) is 0 Å². The molecule has 2 aliphatic rings. The topological polar surface area (TPSA) is 50.8 Å². The highest BCUT2D eigenvalue weighted by Crippen LogP contribution is 2.30. The van der Waals surface area contributed by atoms with Crippen molar-refractivity contribution in [2.24, 2.45) is 11.8 Å². The van der Waals surface area contributed by atoms with Crippen molar-refractivity contribution in [1.29, 1.82) is 0 Å². The summed E-state index contributed by atoms with van der Waals surface area (Å²) >= 11 is 3.74. The summed E-state index contributed by atoms with van der Waals surface area (Å²) in [6, 6.07) is 6.75. The second-order valence-electron chi connectivity index (χ2n) is 10.3. The Morgan fingerprint density at radius 3 is 2.52 bits per heavy atom. The molecular weight excluding hydrogens is 480 g/mol. The van der Waals surface area contributed by atoms with Crippen LogP contribution in [0.15, 0.2) is 22.7 Å². The Labute approximate surface area is 209 Å². The first-order valence-electron chi connectivity index (χ1n) is 12.9. The van der Waals surface area contributed by atoms with Crippen LogP contribution in [0.2, 0.25) is 0 Å². The molecule has 5 nitrogen and oxygen atoms in total. The predicted octanol–water partition coefficient (Wildman–Crippen LogP) is 5.59. The Hall–Kier alpha value is -1.11. The van der Waals surface area contributed by atoms with Crippen LogP contribution < -0.4 is 10.1 Å². The number of nitrogens with zero attached hydrogens (tertiary/aromatic N) is 1. The number of hydrogen-bond acceptors (Lipinski definition) is 4. The molecule has 0 spiro atoms. The smallest absolute Gasteiger partial charge is 0.246 e. The molecule has 1 aliphatic carbocycles. The maximum Gasteiger partial charge on any atom is 0.246 e. The van der Waals surface area contributed by atoms with Gasteiger partial charge in [0.05, 0.1) is 6.10 Å². The highest BCUT2D eigenvalue weighted by Gasteiger charge is 2.24. The van der Waals surface area contributed by atoms with Gasteiger partial charge in [-0.15, -0.1) is 0 Å². The van der Waals surface area contributed by atoms with Crippen LogP contribution in [0.4, 0.5) is 0 Å². The van der Waals surface area contributed by atoms with Crippen molar-refractivity contribution < 1.29 is 14.3 Å². The zero-order valence-electron chi connectivity index (χ0n) is 20.8. The van der Waals surface area contributed by atoms with E-state index in [9.17, 15) is 4.79 Å². The summed E-state index contributed by atoms with van der Waals surface area (Å²) in [6.07, 6.45) is 11.3. The predicted molar refractivity (Wildman–Crippen MR) is 138 cm³/mol. The largest absolute Gasteiger partial charge is 0.491 e. The molecule has 6 heteroatoms. The summed E-state index contributed by atoms with van der Waals surface area (Å²) in [4.78, 5) is 14.4. The molecular formula is C27H43BrN2O3. The van der Waals surface area contributed by atoms with Gasteiger partial charge in [-0.25, -0.2) is 0 Å². The standard InChI is InChI=1S/C27H43BrN2O3/c1-20(2)33-25-10-11-26(28)23(18-25)17-22-12-15-30(16-13-22)14-4-5-21-6-8-24(9-7-21)29-27(31)19-32-3/h10-11,18,20-22,24H,4-9,12-17,19H2,1-3H3,(H,29,31). The average Bonchev–Trinajstić information content (AvgIpc) is 2.78. The van der Waals surface area contributed by atoms with E-state index < -0.39 is 0 Å². The summed E-state index contributed by atoms with van der Waals surface area (Å²) in [6.45, 7) is 8.01. The first-order valence-corrected chi connectivity index (χ1v) is 13.7. The molecule has 0 aromatic heterocycles. The minimum absolute atomic E-state index is 0.0216. The number of carbonyl (C=O) groups is 1. The average molecular weight is 524 g/mol. The molecule has 2 fully saturated rings. The van der Waals surface area contributed by atoms with Crippen LogP contribution in [0.1, 0.15) is 70.8 Å². The third-order valence-electron chi connectivity index (χ3n) is 7.18. The summed E-state index contributed by atoms with van der Waals surface area (Å²) in [7, 11) is 1.57. The van der Waals surface area contributed by atoms with Crippen molar-refractivity contribution in [2.75, 3.05) is 33.4 Å². The summed E-state index contributed by atoms with van der Waals surface area (Å²) in [5.41, 5.74) is 1.38. The van der Waals surface area contributed by atoms with Gasteiger partial charge in [0.25, 0.3) is 0 Å². The van der Waals surface area contributed by atoms with Gasteiger partial charge in [-0.3, -0.25) is 4.79 Å². The lowest BCUT2D eigenvalue weighted by atomic mass is 9.83. The normalized spacial score (nSPS) is 22.5. The van der Waals surface area contributed by atoms with Crippen LogP contribution >= 0.6 is 15.9 Å². The lowest BCUT2D eigenvalue weighted by molar-refractivity contribution is -0.125. The highest BCUT2D eigenvalue weighted by molar-refractivity contribution is 9.10. The van der Waals surface area contributed by atoms with E-state index in [2.05, 4.69) is 58.2 Å². The zero-order valence-corrected chi connectivity index (χ0v) is 22.4. The molecule has 1 saturated heterocycles. The van der Waals surface area contributed by atoms with Gasteiger partial charge in [0.2, 0.25) is 5.91 Å². The van der Waals surface area contributed by atoms with E-state index in [4.69, 9.17) is 9.47 Å². The van der Waals surface area contributed by atoms with Gasteiger partial charge in [0.1, 0.15) is 12.4 Å². The van der Waals surface area contributed by atoms with Crippen LogP contribution in [0, 0.1) is 11.8 Å². The van der Waals surface area contributed by atoms with Crippen LogP contribution in [-0.2, 0) is 16.0 Å². The van der Waals surface area contributed by atoms with Gasteiger partial charge < -0.3 is 19.7 Å². The van der Waals surface area contributed by atoms with Gasteiger partial charge >= 0.3 is 0 Å². The number of piperidine rings is 1. The van der Waals surface area contributed by atoms with E-state index in [1.54, 1.807) is 7.11 Å². The van der Waals surface area contributed by atoms with Crippen molar-refractivity contribution in [3.05, 3.63) is 28.2 Å². The molecule has 0 bridgehead atoms.